The van der Waals surface area contributed by atoms with Crippen molar-refractivity contribution < 1.29 is 13.6 Å². The zero-order valence-electron chi connectivity index (χ0n) is 29.4. The van der Waals surface area contributed by atoms with E-state index in [9.17, 15) is 13.6 Å². The third-order valence-corrected chi connectivity index (χ3v) is 9.15. The Morgan fingerprint density at radius 2 is 0.981 bits per heavy atom. The van der Waals surface area contributed by atoms with E-state index in [4.69, 9.17) is 28.2 Å². The van der Waals surface area contributed by atoms with Gasteiger partial charge >= 0.3 is 0 Å². The molecule has 0 aliphatic heterocycles. The van der Waals surface area contributed by atoms with Crippen molar-refractivity contribution >= 4 is 56.3 Å². The molecule has 0 saturated heterocycles. The molecule has 0 amide bonds. The van der Waals surface area contributed by atoms with Crippen LogP contribution in [-0.4, -0.2) is 29.8 Å². The van der Waals surface area contributed by atoms with Gasteiger partial charge in [0.2, 0.25) is 0 Å². The monoisotopic (exact) mass is 810 g/mol. The van der Waals surface area contributed by atoms with Crippen molar-refractivity contribution in [3.63, 3.8) is 0 Å². The van der Waals surface area contributed by atoms with Crippen molar-refractivity contribution in [2.45, 2.75) is 31.6 Å². The van der Waals surface area contributed by atoms with Crippen LogP contribution < -0.4 is 0 Å². The van der Waals surface area contributed by atoms with Crippen LogP contribution in [0, 0.1) is 11.6 Å². The normalized spacial score (nSPS) is 10.8. The summed E-state index contributed by atoms with van der Waals surface area (Å²) in [5.41, 5.74) is 7.63. The number of nitrogens with zero attached hydrogens (tertiary/aromatic N) is 2. The lowest BCUT2D eigenvalue weighted by Crippen LogP contribution is -2.21. The Kier molecular flexibility index (Phi) is 16.8. The van der Waals surface area contributed by atoms with Crippen LogP contribution in [0.4, 0.5) is 8.78 Å². The predicted octanol–water partition coefficient (Wildman–Crippen LogP) is 12.4. The van der Waals surface area contributed by atoms with Gasteiger partial charge in [0.05, 0.1) is 11.4 Å². The molecule has 0 spiro atoms. The molecule has 0 radical (unpaired) electrons. The number of carbonyl (C=O) groups is 1. The number of aliphatic imine (C=N–C) groups is 2. The zero-order valence-corrected chi connectivity index (χ0v) is 32.5. The minimum absolute atomic E-state index is 0.0697. The number of benzene rings is 6. The van der Waals surface area contributed by atoms with Crippen molar-refractivity contribution in [2.75, 3.05) is 6.54 Å². The lowest BCUT2D eigenvalue weighted by atomic mass is 9.99. The van der Waals surface area contributed by atoms with Crippen molar-refractivity contribution in [1.82, 2.24) is 0 Å². The summed E-state index contributed by atoms with van der Waals surface area (Å²) in [5.74, 6) is -0.768. The van der Waals surface area contributed by atoms with Gasteiger partial charge in [0.1, 0.15) is 17.7 Å². The highest BCUT2D eigenvalue weighted by Crippen LogP contribution is 2.22. The molecule has 0 aliphatic rings. The summed E-state index contributed by atoms with van der Waals surface area (Å²) in [7, 11) is 0. The van der Waals surface area contributed by atoms with Gasteiger partial charge in [0.25, 0.3) is 0 Å². The largest absolute Gasteiger partial charge is 0.298 e. The summed E-state index contributed by atoms with van der Waals surface area (Å²) in [6.07, 6.45) is 0.317. The molecule has 0 heterocycles. The zero-order chi connectivity index (χ0) is 38.0. The summed E-state index contributed by atoms with van der Waals surface area (Å²) in [6.45, 7) is 4.38. The van der Waals surface area contributed by atoms with Crippen LogP contribution >= 0.6 is 39.1 Å². The lowest BCUT2D eigenvalue weighted by Gasteiger charge is -2.15. The number of hydrogen-bond acceptors (Lipinski definition) is 3. The first-order valence-electron chi connectivity index (χ1n) is 17.0. The van der Waals surface area contributed by atoms with Gasteiger partial charge in [-0.05, 0) is 49.2 Å². The minimum Gasteiger partial charge on any atom is -0.298 e. The van der Waals surface area contributed by atoms with E-state index < -0.39 is 11.9 Å². The molecule has 8 heteroatoms. The van der Waals surface area contributed by atoms with Gasteiger partial charge in [0, 0.05) is 50.6 Å². The molecular weight excluding hydrogens is 773 g/mol. The van der Waals surface area contributed by atoms with Gasteiger partial charge < -0.3 is 0 Å². The molecule has 1 unspecified atom stereocenters. The average Bonchev–Trinajstić information content (AvgIpc) is 3.18. The Hall–Kier alpha value is -4.75. The molecule has 0 N–H and O–H groups in total. The van der Waals surface area contributed by atoms with E-state index in [1.165, 1.54) is 42.3 Å². The molecular formula is C45H39BrCl2F2N2O. The Morgan fingerprint density at radius 3 is 1.32 bits per heavy atom. The van der Waals surface area contributed by atoms with E-state index >= 15 is 0 Å². The van der Waals surface area contributed by atoms with Crippen LogP contribution in [0.2, 0.25) is 10.0 Å². The second-order valence-corrected chi connectivity index (χ2v) is 13.1. The van der Waals surface area contributed by atoms with E-state index in [2.05, 4.69) is 52.1 Å². The van der Waals surface area contributed by atoms with Crippen LogP contribution in [0.3, 0.4) is 0 Å². The molecule has 6 rings (SSSR count). The molecule has 0 saturated carbocycles. The number of ketones is 1. The molecule has 270 valence electrons. The number of rotatable bonds is 10. The molecule has 3 nitrogen and oxygen atoms in total. The minimum atomic E-state index is -0.608. The maximum Gasteiger partial charge on any atom is 0.154 e. The van der Waals surface area contributed by atoms with Crippen LogP contribution in [0.25, 0.3) is 0 Å². The Labute approximate surface area is 329 Å². The fourth-order valence-corrected chi connectivity index (χ4v) is 6.30. The number of carbonyl (C=O) groups excluding carboxylic acids is 1. The molecule has 0 fully saturated rings. The summed E-state index contributed by atoms with van der Waals surface area (Å²) in [5, 5.41) is 1.43. The fraction of sp³-hybridized carbons (Fsp3) is 0.133. The van der Waals surface area contributed by atoms with Crippen LogP contribution in [-0.2, 0) is 16.5 Å². The average molecular weight is 813 g/mol. The first-order valence-corrected chi connectivity index (χ1v) is 18.9. The van der Waals surface area contributed by atoms with Crippen molar-refractivity contribution in [2.24, 2.45) is 9.98 Å². The molecule has 0 aliphatic carbocycles. The molecule has 1 atom stereocenters. The Balaban J connectivity index is 0.000000202. The third kappa shape index (κ3) is 13.0. The quantitative estimate of drug-likeness (QED) is 0.100. The van der Waals surface area contributed by atoms with E-state index in [1.54, 1.807) is 12.1 Å². The highest BCUT2D eigenvalue weighted by atomic mass is 79.9. The van der Waals surface area contributed by atoms with Crippen molar-refractivity contribution in [1.29, 1.82) is 0 Å². The van der Waals surface area contributed by atoms with E-state index in [1.807, 2.05) is 97.1 Å². The van der Waals surface area contributed by atoms with Crippen LogP contribution in [0.5, 0.6) is 0 Å². The van der Waals surface area contributed by atoms with Crippen LogP contribution in [0.15, 0.2) is 168 Å². The topological polar surface area (TPSA) is 41.8 Å². The molecule has 6 aromatic rings. The molecule has 53 heavy (non-hydrogen) atoms. The second-order valence-electron chi connectivity index (χ2n) is 11.7. The second kappa shape index (κ2) is 21.7. The Bertz CT molecular complexity index is 2010. The van der Waals surface area contributed by atoms with Crippen LogP contribution in [0.1, 0.15) is 47.2 Å². The highest BCUT2D eigenvalue weighted by Gasteiger charge is 2.18. The molecule has 6 aromatic carbocycles. The van der Waals surface area contributed by atoms with Gasteiger partial charge in [-0.25, -0.2) is 8.78 Å². The third-order valence-electron chi connectivity index (χ3n) is 7.85. The van der Waals surface area contributed by atoms with Gasteiger partial charge in [-0.15, -0.1) is 0 Å². The first kappa shape index (κ1) is 41.0. The SMILES string of the molecule is CC(=O)C(Cc1ccc(F)cc1Cl)N=C(c1ccccc1)c1ccccc1.CCN=C(c1ccccc1)c1ccccc1.Fc1ccc(CBr)c(Cl)c1. The molecule has 0 aromatic heterocycles. The smallest absolute Gasteiger partial charge is 0.154 e. The summed E-state index contributed by atoms with van der Waals surface area (Å²) < 4.78 is 25.7. The first-order chi connectivity index (χ1) is 25.7. The summed E-state index contributed by atoms with van der Waals surface area (Å²) >= 11 is 15.0. The summed E-state index contributed by atoms with van der Waals surface area (Å²) in [6, 6.07) is 48.1. The van der Waals surface area contributed by atoms with Gasteiger partial charge in [-0.3, -0.25) is 14.8 Å². The van der Waals surface area contributed by atoms with Gasteiger partial charge in [0.15, 0.2) is 5.78 Å². The van der Waals surface area contributed by atoms with Gasteiger partial charge in [-0.2, -0.15) is 0 Å². The number of hydrogen-bond donors (Lipinski definition) is 0. The number of halogens is 5. The lowest BCUT2D eigenvalue weighted by molar-refractivity contribution is -0.118. The maximum atomic E-state index is 13.3. The Morgan fingerprint density at radius 1 is 0.604 bits per heavy atom. The van der Waals surface area contributed by atoms with Gasteiger partial charge in [-0.1, -0.05) is 173 Å². The summed E-state index contributed by atoms with van der Waals surface area (Å²) in [4.78, 5) is 21.7. The number of alkyl halides is 1. The van der Waals surface area contributed by atoms with E-state index in [0.29, 0.717) is 27.4 Å². The van der Waals surface area contributed by atoms with E-state index in [0.717, 1.165) is 34.7 Å². The number of Topliss-reactive ketones (excluding diaryl/α,β-unsaturated/α-hetero) is 1. The standard InChI is InChI=1S/C23H19ClFNO.C15H15N.C7H5BrClF/c1-16(27)22(14-19-12-13-20(25)15-21(19)24)26-23(17-8-4-2-5-9-17)18-10-6-3-7-11-18;1-2-16-15(13-9-5-3-6-10-13)14-11-7-4-8-12-14;8-4-5-1-2-6(10)3-7(5)9/h2-13,15,22H,14H2,1H3;3-12H,2H2,1H3;1-3H,4H2. The fourth-order valence-electron chi connectivity index (χ4n) is 5.17. The van der Waals surface area contributed by atoms with E-state index in [-0.39, 0.29) is 11.6 Å². The predicted molar refractivity (Wildman–Crippen MR) is 221 cm³/mol. The highest BCUT2D eigenvalue weighted by molar-refractivity contribution is 9.08. The maximum absolute atomic E-state index is 13.3. The van der Waals surface area contributed by atoms with Crippen molar-refractivity contribution in [3.05, 3.63) is 213 Å². The van der Waals surface area contributed by atoms with Crippen molar-refractivity contribution in [3.8, 4) is 0 Å². The molecule has 0 bridgehead atoms.